The van der Waals surface area contributed by atoms with Crippen LogP contribution in [0.25, 0.3) is 0 Å². The maximum atomic E-state index is 11.5. The van der Waals surface area contributed by atoms with Crippen molar-refractivity contribution in [3.8, 4) is 0 Å². The molecule has 18 heavy (non-hydrogen) atoms. The van der Waals surface area contributed by atoms with Crippen molar-refractivity contribution in [2.75, 3.05) is 6.61 Å². The first kappa shape index (κ1) is 14.7. The fourth-order valence-corrected chi connectivity index (χ4v) is 2.03. The maximum Gasteiger partial charge on any atom is 0.305 e. The van der Waals surface area contributed by atoms with E-state index < -0.39 is 0 Å². The molecular formula is C16H24O2. The Balaban J connectivity index is 2.34. The van der Waals surface area contributed by atoms with E-state index in [2.05, 4.69) is 38.1 Å². The van der Waals surface area contributed by atoms with E-state index in [9.17, 15) is 4.79 Å². The van der Waals surface area contributed by atoms with Gasteiger partial charge in [0.15, 0.2) is 0 Å². The van der Waals surface area contributed by atoms with Gasteiger partial charge in [-0.1, -0.05) is 50.6 Å². The third kappa shape index (κ3) is 5.35. The molecule has 0 spiro atoms. The molecule has 1 aromatic carbocycles. The molecule has 1 rings (SSSR count). The zero-order chi connectivity index (χ0) is 13.2. The number of benzene rings is 1. The van der Waals surface area contributed by atoms with Crippen LogP contribution in [0.15, 0.2) is 30.3 Å². The Morgan fingerprint density at radius 2 is 1.94 bits per heavy atom. The molecule has 0 amide bonds. The molecule has 0 heterocycles. The van der Waals surface area contributed by atoms with Crippen molar-refractivity contribution in [1.82, 2.24) is 0 Å². The predicted octanol–water partition coefficient (Wildman–Crippen LogP) is 4.30. The summed E-state index contributed by atoms with van der Waals surface area (Å²) in [7, 11) is 0. The van der Waals surface area contributed by atoms with Gasteiger partial charge in [0.05, 0.1) is 6.61 Å². The molecule has 0 bridgehead atoms. The lowest BCUT2D eigenvalue weighted by molar-refractivity contribution is -0.143. The molecule has 100 valence electrons. The minimum atomic E-state index is -0.0576. The van der Waals surface area contributed by atoms with Crippen molar-refractivity contribution < 1.29 is 9.53 Å². The Kier molecular flexibility index (Phi) is 7.16. The number of esters is 1. The van der Waals surface area contributed by atoms with Crippen molar-refractivity contribution in [2.45, 2.75) is 51.9 Å². The van der Waals surface area contributed by atoms with Crippen LogP contribution in [0.4, 0.5) is 0 Å². The largest absolute Gasteiger partial charge is 0.466 e. The number of hydrogen-bond acceptors (Lipinski definition) is 2. The molecule has 0 radical (unpaired) electrons. The highest BCUT2D eigenvalue weighted by molar-refractivity contribution is 5.69. The molecule has 0 aromatic heterocycles. The number of rotatable bonds is 8. The molecule has 0 aliphatic rings. The molecule has 1 atom stereocenters. The molecule has 1 aromatic rings. The highest BCUT2D eigenvalue weighted by Gasteiger charge is 2.12. The highest BCUT2D eigenvalue weighted by Crippen LogP contribution is 2.24. The summed E-state index contributed by atoms with van der Waals surface area (Å²) >= 11 is 0. The van der Waals surface area contributed by atoms with Crippen molar-refractivity contribution >= 4 is 5.97 Å². The summed E-state index contributed by atoms with van der Waals surface area (Å²) < 4.78 is 5.17. The van der Waals surface area contributed by atoms with Crippen LogP contribution >= 0.6 is 0 Å². The summed E-state index contributed by atoms with van der Waals surface area (Å²) in [6.07, 6.45) is 4.49. The van der Waals surface area contributed by atoms with Crippen LogP contribution < -0.4 is 0 Å². The van der Waals surface area contributed by atoms with Crippen LogP contribution in [-0.4, -0.2) is 12.6 Å². The minimum absolute atomic E-state index is 0.0576. The first-order valence-electron chi connectivity index (χ1n) is 6.98. The van der Waals surface area contributed by atoms with Gasteiger partial charge in [0.1, 0.15) is 0 Å². The molecule has 1 unspecified atom stereocenters. The lowest BCUT2D eigenvalue weighted by Crippen LogP contribution is -2.08. The molecule has 0 saturated carbocycles. The summed E-state index contributed by atoms with van der Waals surface area (Å²) in [5, 5.41) is 0. The molecule has 0 aliphatic heterocycles. The quantitative estimate of drug-likeness (QED) is 0.506. The van der Waals surface area contributed by atoms with E-state index in [0.29, 0.717) is 18.9 Å². The second kappa shape index (κ2) is 8.73. The van der Waals surface area contributed by atoms with Gasteiger partial charge in [-0.2, -0.15) is 0 Å². The average Bonchev–Trinajstić information content (AvgIpc) is 2.41. The first-order valence-corrected chi connectivity index (χ1v) is 6.98. The third-order valence-corrected chi connectivity index (χ3v) is 3.22. The smallest absolute Gasteiger partial charge is 0.305 e. The van der Waals surface area contributed by atoms with Crippen LogP contribution in [0.2, 0.25) is 0 Å². The fourth-order valence-electron chi connectivity index (χ4n) is 2.03. The van der Waals surface area contributed by atoms with Gasteiger partial charge in [-0.3, -0.25) is 4.79 Å². The number of ether oxygens (including phenoxy) is 1. The number of hydrogen-bond donors (Lipinski definition) is 0. The Bertz CT molecular complexity index is 332. The summed E-state index contributed by atoms with van der Waals surface area (Å²) in [4.78, 5) is 11.5. The number of unbranched alkanes of at least 4 members (excludes halogenated alkanes) is 1. The minimum Gasteiger partial charge on any atom is -0.466 e. The normalized spacial score (nSPS) is 12.1. The van der Waals surface area contributed by atoms with E-state index in [4.69, 9.17) is 4.74 Å². The predicted molar refractivity (Wildman–Crippen MR) is 74.6 cm³/mol. The van der Waals surface area contributed by atoms with E-state index in [0.717, 1.165) is 25.7 Å². The van der Waals surface area contributed by atoms with E-state index in [-0.39, 0.29) is 5.97 Å². The van der Waals surface area contributed by atoms with E-state index >= 15 is 0 Å². The van der Waals surface area contributed by atoms with E-state index in [1.165, 1.54) is 5.56 Å². The topological polar surface area (TPSA) is 26.3 Å². The van der Waals surface area contributed by atoms with Crippen molar-refractivity contribution in [1.29, 1.82) is 0 Å². The van der Waals surface area contributed by atoms with Gasteiger partial charge in [-0.25, -0.2) is 0 Å². The SMILES string of the molecule is CCCCOC(=O)CCC(CC)c1ccccc1. The van der Waals surface area contributed by atoms with Crippen molar-refractivity contribution in [2.24, 2.45) is 0 Å². The highest BCUT2D eigenvalue weighted by atomic mass is 16.5. The van der Waals surface area contributed by atoms with E-state index in [1.54, 1.807) is 0 Å². The van der Waals surface area contributed by atoms with Gasteiger partial charge in [-0.05, 0) is 30.7 Å². The van der Waals surface area contributed by atoms with Crippen LogP contribution in [0.3, 0.4) is 0 Å². The number of carbonyl (C=O) groups is 1. The summed E-state index contributed by atoms with van der Waals surface area (Å²) in [5.41, 5.74) is 1.32. The van der Waals surface area contributed by atoms with Crippen LogP contribution in [0, 0.1) is 0 Å². The van der Waals surface area contributed by atoms with Crippen LogP contribution in [-0.2, 0) is 9.53 Å². The Labute approximate surface area is 110 Å². The standard InChI is InChI=1S/C16H24O2/c1-3-5-13-18-16(17)12-11-14(4-2)15-9-7-6-8-10-15/h6-10,14H,3-5,11-13H2,1-2H3. The second-order valence-corrected chi connectivity index (χ2v) is 4.63. The number of carbonyl (C=O) groups excluding carboxylic acids is 1. The Hall–Kier alpha value is -1.31. The molecule has 0 saturated heterocycles. The molecule has 0 aliphatic carbocycles. The Morgan fingerprint density at radius 1 is 1.22 bits per heavy atom. The summed E-state index contributed by atoms with van der Waals surface area (Å²) in [6, 6.07) is 10.4. The Morgan fingerprint density at radius 3 is 2.56 bits per heavy atom. The zero-order valence-corrected chi connectivity index (χ0v) is 11.5. The lowest BCUT2D eigenvalue weighted by atomic mass is 9.92. The van der Waals surface area contributed by atoms with Crippen molar-refractivity contribution in [3.05, 3.63) is 35.9 Å². The first-order chi connectivity index (χ1) is 8.77. The van der Waals surface area contributed by atoms with Crippen LogP contribution in [0.1, 0.15) is 57.4 Å². The summed E-state index contributed by atoms with van der Waals surface area (Å²) in [5.74, 6) is 0.405. The second-order valence-electron chi connectivity index (χ2n) is 4.63. The van der Waals surface area contributed by atoms with Gasteiger partial charge < -0.3 is 4.74 Å². The summed E-state index contributed by atoms with van der Waals surface area (Å²) in [6.45, 7) is 4.83. The van der Waals surface area contributed by atoms with Gasteiger partial charge >= 0.3 is 5.97 Å². The molecule has 2 heteroatoms. The maximum absolute atomic E-state index is 11.5. The monoisotopic (exact) mass is 248 g/mol. The molecule has 0 fully saturated rings. The fraction of sp³-hybridized carbons (Fsp3) is 0.562. The van der Waals surface area contributed by atoms with Crippen LogP contribution in [0.5, 0.6) is 0 Å². The van der Waals surface area contributed by atoms with Gasteiger partial charge in [0.2, 0.25) is 0 Å². The third-order valence-electron chi connectivity index (χ3n) is 3.22. The van der Waals surface area contributed by atoms with Gasteiger partial charge in [0.25, 0.3) is 0 Å². The zero-order valence-electron chi connectivity index (χ0n) is 11.5. The van der Waals surface area contributed by atoms with Crippen molar-refractivity contribution in [3.63, 3.8) is 0 Å². The van der Waals surface area contributed by atoms with Gasteiger partial charge in [0, 0.05) is 6.42 Å². The molecular weight excluding hydrogens is 224 g/mol. The van der Waals surface area contributed by atoms with Gasteiger partial charge in [-0.15, -0.1) is 0 Å². The van der Waals surface area contributed by atoms with E-state index in [1.807, 2.05) is 6.07 Å². The molecule has 2 nitrogen and oxygen atoms in total. The molecule has 0 N–H and O–H groups in total. The lowest BCUT2D eigenvalue weighted by Gasteiger charge is -2.14. The average molecular weight is 248 g/mol.